The van der Waals surface area contributed by atoms with Crippen LogP contribution in [0.15, 0.2) is 65.2 Å². The zero-order valence-electron chi connectivity index (χ0n) is 16.4. The lowest BCUT2D eigenvalue weighted by Gasteiger charge is -2.26. The molecule has 0 aliphatic carbocycles. The number of hydrogen-bond acceptors (Lipinski definition) is 7. The molecule has 0 unspecified atom stereocenters. The van der Waals surface area contributed by atoms with Gasteiger partial charge in [-0.25, -0.2) is 10.3 Å². The first-order valence-electron chi connectivity index (χ1n) is 9.15. The van der Waals surface area contributed by atoms with Gasteiger partial charge in [0.15, 0.2) is 6.10 Å². The number of hydroxylamine groups is 1. The summed E-state index contributed by atoms with van der Waals surface area (Å²) in [5.41, 5.74) is 1.87. The molecule has 2 atom stereocenters. The number of ether oxygens (including phenoxy) is 2. The highest BCUT2D eigenvalue weighted by molar-refractivity contribution is 9.10. The van der Waals surface area contributed by atoms with Gasteiger partial charge in [-0.1, -0.05) is 34.1 Å². The molecule has 2 aromatic rings. The third-order valence-corrected chi connectivity index (χ3v) is 4.48. The van der Waals surface area contributed by atoms with Gasteiger partial charge in [-0.15, -0.1) is 0 Å². The molecule has 0 fully saturated rings. The largest absolute Gasteiger partial charge is 0.508 e. The fourth-order valence-corrected chi connectivity index (χ4v) is 2.99. The standard InChI is InChI=1S/C21H21BrN2O7/c1-2-30-17(10-11-18(26)24-29)19(15-12-14(22)8-9-16(15)25)31-21(28)23-20(27)13-6-4-3-5-7-13/h3-12,17,19,25,29H,2H2,1H3,(H,24,26)(H,23,27,28)/b11-10+/t17-,19-/m0/s1. The predicted molar refractivity (Wildman–Crippen MR) is 113 cm³/mol. The summed E-state index contributed by atoms with van der Waals surface area (Å²) in [7, 11) is 0. The first kappa shape index (κ1) is 24.1. The van der Waals surface area contributed by atoms with E-state index in [0.717, 1.165) is 6.08 Å². The minimum absolute atomic E-state index is 0.171. The normalized spacial score (nSPS) is 12.7. The Morgan fingerprint density at radius 1 is 1.16 bits per heavy atom. The summed E-state index contributed by atoms with van der Waals surface area (Å²) >= 11 is 3.29. The number of benzene rings is 2. The zero-order chi connectivity index (χ0) is 22.8. The first-order chi connectivity index (χ1) is 14.8. The first-order valence-corrected chi connectivity index (χ1v) is 9.94. The highest BCUT2D eigenvalue weighted by atomic mass is 79.9. The molecule has 0 saturated carbocycles. The number of amides is 3. The van der Waals surface area contributed by atoms with Crippen molar-refractivity contribution < 1.29 is 34.2 Å². The second-order valence-corrected chi connectivity index (χ2v) is 7.02. The third-order valence-electron chi connectivity index (χ3n) is 3.99. The second kappa shape index (κ2) is 11.8. The maximum Gasteiger partial charge on any atom is 0.414 e. The number of aromatic hydroxyl groups is 1. The molecule has 10 heteroatoms. The van der Waals surface area contributed by atoms with E-state index >= 15 is 0 Å². The third kappa shape index (κ3) is 7.21. The van der Waals surface area contributed by atoms with E-state index < -0.39 is 30.1 Å². The number of alkyl carbamates (subject to hydrolysis) is 1. The van der Waals surface area contributed by atoms with E-state index in [1.165, 1.54) is 35.8 Å². The lowest BCUT2D eigenvalue weighted by Crippen LogP contribution is -2.35. The maximum absolute atomic E-state index is 12.5. The van der Waals surface area contributed by atoms with Gasteiger partial charge in [-0.05, 0) is 43.3 Å². The Morgan fingerprint density at radius 3 is 2.52 bits per heavy atom. The number of rotatable bonds is 8. The molecule has 9 nitrogen and oxygen atoms in total. The van der Waals surface area contributed by atoms with Crippen molar-refractivity contribution in [2.24, 2.45) is 0 Å². The molecule has 0 saturated heterocycles. The van der Waals surface area contributed by atoms with E-state index in [1.807, 2.05) is 0 Å². The van der Waals surface area contributed by atoms with Crippen LogP contribution in [0.4, 0.5) is 4.79 Å². The average Bonchev–Trinajstić information content (AvgIpc) is 2.77. The van der Waals surface area contributed by atoms with Gasteiger partial charge in [0.25, 0.3) is 11.8 Å². The molecule has 0 aromatic heterocycles. The van der Waals surface area contributed by atoms with E-state index in [9.17, 15) is 19.5 Å². The number of nitrogens with one attached hydrogen (secondary N) is 2. The SMILES string of the molecule is CCO[C@@H](/C=C/C(=O)NO)[C@@H](OC(=O)NC(=O)c1ccccc1)c1cc(Br)ccc1O. The maximum atomic E-state index is 12.5. The lowest BCUT2D eigenvalue weighted by atomic mass is 10.0. The second-order valence-electron chi connectivity index (χ2n) is 6.10. The number of halogens is 1. The fourth-order valence-electron chi connectivity index (χ4n) is 2.62. The zero-order valence-corrected chi connectivity index (χ0v) is 18.0. The summed E-state index contributed by atoms with van der Waals surface area (Å²) in [4.78, 5) is 36.1. The summed E-state index contributed by atoms with van der Waals surface area (Å²) in [5.74, 6) is -1.70. The Kier molecular flexibility index (Phi) is 9.19. The molecule has 0 bridgehead atoms. The number of carbonyl (C=O) groups is 3. The molecule has 4 N–H and O–H groups in total. The number of phenolic OH excluding ortho intramolecular Hbond substituents is 1. The average molecular weight is 493 g/mol. The molecule has 3 amide bonds. The van der Waals surface area contributed by atoms with E-state index in [2.05, 4.69) is 21.2 Å². The number of imide groups is 1. The van der Waals surface area contributed by atoms with Crippen molar-refractivity contribution in [1.82, 2.24) is 10.8 Å². The van der Waals surface area contributed by atoms with E-state index in [1.54, 1.807) is 31.2 Å². The smallest absolute Gasteiger partial charge is 0.414 e. The van der Waals surface area contributed by atoms with Gasteiger partial charge in [0, 0.05) is 28.3 Å². The Bertz CT molecular complexity index is 950. The van der Waals surface area contributed by atoms with E-state index in [4.69, 9.17) is 14.7 Å². The minimum Gasteiger partial charge on any atom is -0.508 e. The Morgan fingerprint density at radius 2 is 1.87 bits per heavy atom. The quantitative estimate of drug-likeness (QED) is 0.252. The highest BCUT2D eigenvalue weighted by Gasteiger charge is 2.29. The van der Waals surface area contributed by atoms with Gasteiger partial charge in [0.1, 0.15) is 11.9 Å². The van der Waals surface area contributed by atoms with Crippen LogP contribution in [0.2, 0.25) is 0 Å². The molecule has 0 heterocycles. The van der Waals surface area contributed by atoms with Crippen molar-refractivity contribution in [1.29, 1.82) is 0 Å². The van der Waals surface area contributed by atoms with Crippen LogP contribution in [0, 0.1) is 0 Å². The summed E-state index contributed by atoms with van der Waals surface area (Å²) in [6.07, 6.45) is -1.10. The summed E-state index contributed by atoms with van der Waals surface area (Å²) in [6.45, 7) is 1.86. The number of carbonyl (C=O) groups excluding carboxylic acids is 3. The molecular weight excluding hydrogens is 472 g/mol. The molecule has 0 spiro atoms. The van der Waals surface area contributed by atoms with Gasteiger partial charge >= 0.3 is 6.09 Å². The lowest BCUT2D eigenvalue weighted by molar-refractivity contribution is -0.124. The van der Waals surface area contributed by atoms with Crippen molar-refractivity contribution in [3.05, 3.63) is 76.3 Å². The predicted octanol–water partition coefficient (Wildman–Crippen LogP) is 3.23. The molecule has 0 aliphatic heterocycles. The number of phenols is 1. The van der Waals surface area contributed by atoms with Gasteiger partial charge in [-0.3, -0.25) is 20.1 Å². The van der Waals surface area contributed by atoms with Crippen LogP contribution in [0.1, 0.15) is 28.9 Å². The van der Waals surface area contributed by atoms with Gasteiger partial charge in [0.2, 0.25) is 0 Å². The topological polar surface area (TPSA) is 134 Å². The van der Waals surface area contributed by atoms with Crippen molar-refractivity contribution >= 4 is 33.8 Å². The molecule has 31 heavy (non-hydrogen) atoms. The van der Waals surface area contributed by atoms with Gasteiger partial charge in [-0.2, -0.15) is 0 Å². The van der Waals surface area contributed by atoms with Crippen LogP contribution in [0.3, 0.4) is 0 Å². The Balaban J connectivity index is 2.33. The van der Waals surface area contributed by atoms with Crippen LogP contribution in [0.25, 0.3) is 0 Å². The molecular formula is C21H21BrN2O7. The van der Waals surface area contributed by atoms with Crippen LogP contribution < -0.4 is 10.8 Å². The Labute approximate surface area is 186 Å². The molecule has 2 rings (SSSR count). The summed E-state index contributed by atoms with van der Waals surface area (Å²) < 4.78 is 11.6. The minimum atomic E-state index is -1.23. The molecule has 0 aliphatic rings. The van der Waals surface area contributed by atoms with Crippen LogP contribution in [0.5, 0.6) is 5.75 Å². The summed E-state index contributed by atoms with van der Waals surface area (Å²) in [6, 6.07) is 12.5. The van der Waals surface area contributed by atoms with E-state index in [-0.39, 0.29) is 23.5 Å². The monoisotopic (exact) mass is 492 g/mol. The van der Waals surface area contributed by atoms with Gasteiger partial charge < -0.3 is 14.6 Å². The Hall–Kier alpha value is -3.21. The van der Waals surface area contributed by atoms with Crippen molar-refractivity contribution in [3.8, 4) is 5.75 Å². The van der Waals surface area contributed by atoms with E-state index in [0.29, 0.717) is 4.47 Å². The molecule has 0 radical (unpaired) electrons. The number of hydrogen-bond donors (Lipinski definition) is 4. The van der Waals surface area contributed by atoms with Crippen molar-refractivity contribution in [2.75, 3.05) is 6.61 Å². The van der Waals surface area contributed by atoms with Crippen molar-refractivity contribution in [3.63, 3.8) is 0 Å². The van der Waals surface area contributed by atoms with Crippen LogP contribution in [-0.4, -0.2) is 40.9 Å². The molecule has 164 valence electrons. The van der Waals surface area contributed by atoms with Crippen molar-refractivity contribution in [2.45, 2.75) is 19.1 Å². The van der Waals surface area contributed by atoms with Gasteiger partial charge in [0.05, 0.1) is 0 Å². The van der Waals surface area contributed by atoms with Crippen LogP contribution in [-0.2, 0) is 14.3 Å². The molecule has 2 aromatic carbocycles. The highest BCUT2D eigenvalue weighted by Crippen LogP contribution is 2.33. The summed E-state index contributed by atoms with van der Waals surface area (Å²) in [5, 5.41) is 21.1. The van der Waals surface area contributed by atoms with Crippen LogP contribution >= 0.6 is 15.9 Å². The fraction of sp³-hybridized carbons (Fsp3) is 0.190.